The summed E-state index contributed by atoms with van der Waals surface area (Å²) < 4.78 is 10.9. The zero-order valence-electron chi connectivity index (χ0n) is 12.6. The van der Waals surface area contributed by atoms with E-state index in [-0.39, 0.29) is 5.97 Å². The zero-order chi connectivity index (χ0) is 14.6. The zero-order valence-corrected chi connectivity index (χ0v) is 12.6. The lowest BCUT2D eigenvalue weighted by atomic mass is 9.79. The number of esters is 1. The van der Waals surface area contributed by atoms with Crippen molar-refractivity contribution >= 4 is 5.97 Å². The quantitative estimate of drug-likeness (QED) is 0.773. The van der Waals surface area contributed by atoms with E-state index in [1.807, 2.05) is 26.0 Å². The van der Waals surface area contributed by atoms with Crippen molar-refractivity contribution in [2.24, 2.45) is 5.92 Å². The molecule has 1 aliphatic carbocycles. The van der Waals surface area contributed by atoms with E-state index in [0.29, 0.717) is 17.2 Å². The predicted octanol–water partition coefficient (Wildman–Crippen LogP) is 4.21. The van der Waals surface area contributed by atoms with Crippen LogP contribution in [-0.2, 0) is 4.74 Å². The molecular formula is C17H24O3. The minimum atomic E-state index is -0.402. The second-order valence-electron chi connectivity index (χ2n) is 6.06. The van der Waals surface area contributed by atoms with Gasteiger partial charge < -0.3 is 9.47 Å². The first-order valence-corrected chi connectivity index (χ1v) is 7.40. The number of methoxy groups -OCH3 is 1. The Balaban J connectivity index is 2.05. The normalized spacial score (nSPS) is 16.8. The molecule has 0 atom stereocenters. The molecule has 0 aromatic heterocycles. The third-order valence-corrected chi connectivity index (χ3v) is 4.25. The van der Waals surface area contributed by atoms with Gasteiger partial charge in [0.25, 0.3) is 0 Å². The maximum Gasteiger partial charge on any atom is 0.338 e. The number of hydrogen-bond acceptors (Lipinski definition) is 3. The maximum absolute atomic E-state index is 12.3. The molecule has 1 aliphatic rings. The average Bonchev–Trinajstić information content (AvgIpc) is 2.48. The minimum Gasteiger partial charge on any atom is -0.497 e. The molecule has 0 aliphatic heterocycles. The van der Waals surface area contributed by atoms with Crippen LogP contribution in [0, 0.1) is 5.92 Å². The molecule has 0 heterocycles. The molecule has 1 aromatic rings. The van der Waals surface area contributed by atoms with E-state index < -0.39 is 5.60 Å². The average molecular weight is 276 g/mol. The van der Waals surface area contributed by atoms with Crippen molar-refractivity contribution in [3.05, 3.63) is 29.8 Å². The van der Waals surface area contributed by atoms with Crippen molar-refractivity contribution in [3.8, 4) is 5.75 Å². The molecule has 0 spiro atoms. The standard InChI is InChI=1S/C17H24O3/c1-17(2,14-9-5-4-6-10-14)20-16(18)13-8-7-11-15(12-13)19-3/h7-8,11-12,14H,4-6,9-10H2,1-3H3. The summed E-state index contributed by atoms with van der Waals surface area (Å²) in [6.07, 6.45) is 6.09. The molecule has 3 heteroatoms. The summed E-state index contributed by atoms with van der Waals surface area (Å²) in [4.78, 5) is 12.3. The van der Waals surface area contributed by atoms with Crippen molar-refractivity contribution in [2.45, 2.75) is 51.6 Å². The number of benzene rings is 1. The van der Waals surface area contributed by atoms with Gasteiger partial charge in [-0.25, -0.2) is 4.79 Å². The molecule has 0 unspecified atom stereocenters. The van der Waals surface area contributed by atoms with E-state index in [9.17, 15) is 4.79 Å². The Bertz CT molecular complexity index is 459. The van der Waals surface area contributed by atoms with Crippen molar-refractivity contribution < 1.29 is 14.3 Å². The minimum absolute atomic E-state index is 0.264. The molecule has 110 valence electrons. The summed E-state index contributed by atoms with van der Waals surface area (Å²) in [6.45, 7) is 4.06. The predicted molar refractivity (Wildman–Crippen MR) is 79.1 cm³/mol. The van der Waals surface area contributed by atoms with Gasteiger partial charge in [-0.05, 0) is 50.8 Å². The van der Waals surface area contributed by atoms with Crippen LogP contribution in [0.1, 0.15) is 56.3 Å². The van der Waals surface area contributed by atoms with Gasteiger partial charge in [-0.15, -0.1) is 0 Å². The van der Waals surface area contributed by atoms with Crippen molar-refractivity contribution in [2.75, 3.05) is 7.11 Å². The van der Waals surface area contributed by atoms with Crippen LogP contribution in [0.4, 0.5) is 0 Å². The Morgan fingerprint density at radius 3 is 2.55 bits per heavy atom. The summed E-state index contributed by atoms with van der Waals surface area (Å²) in [7, 11) is 1.59. The maximum atomic E-state index is 12.3. The lowest BCUT2D eigenvalue weighted by Gasteiger charge is -2.36. The van der Waals surface area contributed by atoms with Crippen molar-refractivity contribution in [1.82, 2.24) is 0 Å². The summed E-state index contributed by atoms with van der Waals surface area (Å²) >= 11 is 0. The number of ether oxygens (including phenoxy) is 2. The van der Waals surface area contributed by atoms with E-state index in [1.54, 1.807) is 19.2 Å². The van der Waals surface area contributed by atoms with E-state index >= 15 is 0 Å². The van der Waals surface area contributed by atoms with E-state index in [4.69, 9.17) is 9.47 Å². The van der Waals surface area contributed by atoms with Crippen LogP contribution in [-0.4, -0.2) is 18.7 Å². The number of carbonyl (C=O) groups excluding carboxylic acids is 1. The van der Waals surface area contributed by atoms with E-state index in [0.717, 1.165) is 12.8 Å². The van der Waals surface area contributed by atoms with Gasteiger partial charge in [0.05, 0.1) is 12.7 Å². The molecule has 0 N–H and O–H groups in total. The third-order valence-electron chi connectivity index (χ3n) is 4.25. The molecule has 1 fully saturated rings. The Morgan fingerprint density at radius 1 is 1.20 bits per heavy atom. The Kier molecular flexibility index (Phi) is 4.69. The molecule has 2 rings (SSSR count). The topological polar surface area (TPSA) is 35.5 Å². The molecule has 1 aromatic carbocycles. The summed E-state index contributed by atoms with van der Waals surface area (Å²) in [5.41, 5.74) is 0.147. The molecule has 0 bridgehead atoms. The Labute approximate surface area is 121 Å². The molecule has 0 saturated heterocycles. The molecule has 3 nitrogen and oxygen atoms in total. The molecule has 0 radical (unpaired) electrons. The fourth-order valence-corrected chi connectivity index (χ4v) is 2.93. The Morgan fingerprint density at radius 2 is 1.90 bits per heavy atom. The molecule has 20 heavy (non-hydrogen) atoms. The molecular weight excluding hydrogens is 252 g/mol. The summed E-state index contributed by atoms with van der Waals surface area (Å²) in [5.74, 6) is 0.875. The van der Waals surface area contributed by atoms with Crippen molar-refractivity contribution in [1.29, 1.82) is 0 Å². The molecule has 0 amide bonds. The highest BCUT2D eigenvalue weighted by Crippen LogP contribution is 2.35. The SMILES string of the molecule is COc1cccc(C(=O)OC(C)(C)C2CCCCC2)c1. The smallest absolute Gasteiger partial charge is 0.338 e. The fraction of sp³-hybridized carbons (Fsp3) is 0.588. The van der Waals surface area contributed by atoms with Crippen LogP contribution in [0.5, 0.6) is 5.75 Å². The summed E-state index contributed by atoms with van der Waals surface area (Å²) in [6, 6.07) is 7.12. The van der Waals surface area contributed by atoms with Gasteiger partial charge in [0.2, 0.25) is 0 Å². The van der Waals surface area contributed by atoms with Crippen LogP contribution in [0.2, 0.25) is 0 Å². The fourth-order valence-electron chi connectivity index (χ4n) is 2.93. The summed E-state index contributed by atoms with van der Waals surface area (Å²) in [5, 5.41) is 0. The lowest BCUT2D eigenvalue weighted by molar-refractivity contribution is -0.0384. The van der Waals surface area contributed by atoms with Gasteiger partial charge in [-0.1, -0.05) is 25.3 Å². The van der Waals surface area contributed by atoms with Crippen LogP contribution >= 0.6 is 0 Å². The second kappa shape index (κ2) is 6.29. The molecule has 1 saturated carbocycles. The van der Waals surface area contributed by atoms with Crippen LogP contribution in [0.3, 0.4) is 0 Å². The van der Waals surface area contributed by atoms with Gasteiger partial charge >= 0.3 is 5.97 Å². The van der Waals surface area contributed by atoms with E-state index in [1.165, 1.54) is 19.3 Å². The Hall–Kier alpha value is -1.51. The highest BCUT2D eigenvalue weighted by molar-refractivity contribution is 5.90. The third kappa shape index (κ3) is 3.53. The highest BCUT2D eigenvalue weighted by Gasteiger charge is 2.34. The first-order chi connectivity index (χ1) is 9.53. The highest BCUT2D eigenvalue weighted by atomic mass is 16.6. The lowest BCUT2D eigenvalue weighted by Crippen LogP contribution is -2.37. The second-order valence-corrected chi connectivity index (χ2v) is 6.06. The number of carbonyl (C=O) groups is 1. The van der Waals surface area contributed by atoms with Crippen molar-refractivity contribution in [3.63, 3.8) is 0 Å². The number of hydrogen-bond donors (Lipinski definition) is 0. The first-order valence-electron chi connectivity index (χ1n) is 7.40. The van der Waals surface area contributed by atoms with Gasteiger partial charge in [-0.3, -0.25) is 0 Å². The van der Waals surface area contributed by atoms with Crippen LogP contribution in [0.25, 0.3) is 0 Å². The number of rotatable bonds is 4. The van der Waals surface area contributed by atoms with Gasteiger partial charge in [0.1, 0.15) is 11.4 Å². The van der Waals surface area contributed by atoms with Gasteiger partial charge in [0.15, 0.2) is 0 Å². The van der Waals surface area contributed by atoms with Crippen LogP contribution in [0.15, 0.2) is 24.3 Å². The van der Waals surface area contributed by atoms with Gasteiger partial charge in [-0.2, -0.15) is 0 Å². The first kappa shape index (κ1) is 14.9. The largest absolute Gasteiger partial charge is 0.497 e. The van der Waals surface area contributed by atoms with E-state index in [2.05, 4.69) is 0 Å². The van der Waals surface area contributed by atoms with Gasteiger partial charge in [0, 0.05) is 0 Å². The monoisotopic (exact) mass is 276 g/mol. The van der Waals surface area contributed by atoms with Crippen LogP contribution < -0.4 is 4.74 Å².